The van der Waals surface area contributed by atoms with Gasteiger partial charge >= 0.3 is 0 Å². The molecule has 5 heteroatoms. The van der Waals surface area contributed by atoms with E-state index in [1.807, 2.05) is 12.1 Å². The largest absolute Gasteiger partial charge is 0.476 e. The molecule has 1 aromatic rings. The fourth-order valence-corrected chi connectivity index (χ4v) is 2.71. The zero-order valence-corrected chi connectivity index (χ0v) is 13.1. The summed E-state index contributed by atoms with van der Waals surface area (Å²) < 4.78 is 5.71. The molecule has 0 amide bonds. The van der Waals surface area contributed by atoms with Crippen LogP contribution < -0.4 is 15.4 Å². The Balaban J connectivity index is 2.15. The number of pyridine rings is 1. The average molecular weight is 293 g/mol. The first-order valence-electron chi connectivity index (χ1n) is 7.88. The number of hydrogen-bond acceptors (Lipinski definition) is 5. The highest BCUT2D eigenvalue weighted by Gasteiger charge is 2.23. The molecule has 0 spiro atoms. The van der Waals surface area contributed by atoms with Crippen LogP contribution in [0.5, 0.6) is 5.88 Å². The molecule has 0 aliphatic carbocycles. The fourth-order valence-electron chi connectivity index (χ4n) is 2.71. The molecule has 1 aliphatic heterocycles. The van der Waals surface area contributed by atoms with Crippen molar-refractivity contribution in [3.05, 3.63) is 12.1 Å². The van der Waals surface area contributed by atoms with Crippen LogP contribution in [0.1, 0.15) is 39.5 Å². The fraction of sp³-hybridized carbons (Fsp3) is 0.688. The third-order valence-electron chi connectivity index (χ3n) is 3.81. The third-order valence-corrected chi connectivity index (χ3v) is 3.81. The zero-order chi connectivity index (χ0) is 15.2. The molecule has 5 nitrogen and oxygen atoms in total. The third kappa shape index (κ3) is 4.24. The number of hydrogen-bond donors (Lipinski definition) is 2. The molecule has 0 radical (unpaired) electrons. The second-order valence-electron chi connectivity index (χ2n) is 6.12. The van der Waals surface area contributed by atoms with Gasteiger partial charge in [-0.15, -0.1) is 0 Å². The second kappa shape index (κ2) is 7.50. The average Bonchev–Trinajstić information content (AvgIpc) is 2.47. The molecule has 1 fully saturated rings. The van der Waals surface area contributed by atoms with E-state index in [1.165, 1.54) is 6.42 Å². The van der Waals surface area contributed by atoms with Gasteiger partial charge in [-0.1, -0.05) is 13.8 Å². The van der Waals surface area contributed by atoms with E-state index in [2.05, 4.69) is 23.7 Å². The molecule has 2 heterocycles. The summed E-state index contributed by atoms with van der Waals surface area (Å²) in [4.78, 5) is 6.88. The molecule has 1 aliphatic rings. The SMILES string of the molecule is CC(C)COc1nc(N2CCCCC2CCO)ccc1N. The number of rotatable bonds is 6. The van der Waals surface area contributed by atoms with Gasteiger partial charge < -0.3 is 20.5 Å². The van der Waals surface area contributed by atoms with Crippen molar-refractivity contribution in [2.24, 2.45) is 5.92 Å². The summed E-state index contributed by atoms with van der Waals surface area (Å²) >= 11 is 0. The summed E-state index contributed by atoms with van der Waals surface area (Å²) in [5, 5.41) is 9.24. The lowest BCUT2D eigenvalue weighted by atomic mass is 9.99. The molecule has 1 atom stereocenters. The predicted molar refractivity (Wildman–Crippen MR) is 85.7 cm³/mol. The minimum absolute atomic E-state index is 0.215. The van der Waals surface area contributed by atoms with E-state index in [0.29, 0.717) is 30.1 Å². The van der Waals surface area contributed by atoms with E-state index in [1.54, 1.807) is 0 Å². The Hall–Kier alpha value is -1.49. The van der Waals surface area contributed by atoms with Crippen LogP contribution in [0.2, 0.25) is 0 Å². The first-order chi connectivity index (χ1) is 10.1. The lowest BCUT2D eigenvalue weighted by Gasteiger charge is -2.36. The highest BCUT2D eigenvalue weighted by Crippen LogP contribution is 2.29. The quantitative estimate of drug-likeness (QED) is 0.843. The standard InChI is InChI=1S/C16H27N3O2/c1-12(2)11-21-16-14(17)6-7-15(18-16)19-9-4-3-5-13(19)8-10-20/h6-7,12-13,20H,3-5,8-11,17H2,1-2H3. The monoisotopic (exact) mass is 293 g/mol. The van der Waals surface area contributed by atoms with Crippen molar-refractivity contribution in [2.45, 2.75) is 45.6 Å². The van der Waals surface area contributed by atoms with Gasteiger partial charge in [-0.25, -0.2) is 0 Å². The topological polar surface area (TPSA) is 71.6 Å². The Labute approximate surface area is 127 Å². The van der Waals surface area contributed by atoms with Crippen molar-refractivity contribution < 1.29 is 9.84 Å². The highest BCUT2D eigenvalue weighted by atomic mass is 16.5. The maximum atomic E-state index is 9.24. The van der Waals surface area contributed by atoms with Gasteiger partial charge in [-0.2, -0.15) is 4.98 Å². The van der Waals surface area contributed by atoms with Gasteiger partial charge in [0.15, 0.2) is 0 Å². The molecule has 21 heavy (non-hydrogen) atoms. The number of ether oxygens (including phenoxy) is 1. The van der Waals surface area contributed by atoms with Crippen LogP contribution >= 0.6 is 0 Å². The minimum atomic E-state index is 0.215. The first kappa shape index (κ1) is 15.9. The predicted octanol–water partition coefficient (Wildman–Crippen LogP) is 2.44. The van der Waals surface area contributed by atoms with Crippen LogP contribution in [0.3, 0.4) is 0 Å². The number of nitrogen functional groups attached to an aromatic ring is 1. The number of aliphatic hydroxyl groups excluding tert-OH is 1. The molecule has 0 bridgehead atoms. The molecule has 2 rings (SSSR count). The first-order valence-corrected chi connectivity index (χ1v) is 7.88. The van der Waals surface area contributed by atoms with Crippen LogP contribution in [-0.4, -0.2) is 35.9 Å². The number of aromatic nitrogens is 1. The molecule has 1 unspecified atom stereocenters. The number of piperidine rings is 1. The number of nitrogens with two attached hydrogens (primary N) is 1. The van der Waals surface area contributed by atoms with E-state index in [0.717, 1.165) is 31.6 Å². The van der Waals surface area contributed by atoms with E-state index < -0.39 is 0 Å². The summed E-state index contributed by atoms with van der Waals surface area (Å²) in [6, 6.07) is 4.17. The lowest BCUT2D eigenvalue weighted by Crippen LogP contribution is -2.40. The summed E-state index contributed by atoms with van der Waals surface area (Å²) in [7, 11) is 0. The lowest BCUT2D eigenvalue weighted by molar-refractivity contribution is 0.258. The van der Waals surface area contributed by atoms with E-state index in [-0.39, 0.29) is 6.61 Å². The Morgan fingerprint density at radius 3 is 2.95 bits per heavy atom. The number of aliphatic hydroxyl groups is 1. The molecule has 3 N–H and O–H groups in total. The number of anilines is 2. The normalized spacial score (nSPS) is 19.0. The van der Waals surface area contributed by atoms with Crippen LogP contribution in [-0.2, 0) is 0 Å². The summed E-state index contributed by atoms with van der Waals surface area (Å²) in [6.45, 7) is 6.00. The van der Waals surface area contributed by atoms with E-state index in [9.17, 15) is 5.11 Å². The molecule has 1 aromatic heterocycles. The van der Waals surface area contributed by atoms with Crippen molar-refractivity contribution in [1.82, 2.24) is 4.98 Å². The van der Waals surface area contributed by atoms with Crippen LogP contribution in [0.4, 0.5) is 11.5 Å². The Morgan fingerprint density at radius 1 is 1.43 bits per heavy atom. The Kier molecular flexibility index (Phi) is 5.67. The Morgan fingerprint density at radius 2 is 2.24 bits per heavy atom. The van der Waals surface area contributed by atoms with Crippen molar-refractivity contribution in [2.75, 3.05) is 30.4 Å². The summed E-state index contributed by atoms with van der Waals surface area (Å²) in [5.41, 5.74) is 6.53. The maximum absolute atomic E-state index is 9.24. The van der Waals surface area contributed by atoms with Crippen LogP contribution in [0.25, 0.3) is 0 Å². The van der Waals surface area contributed by atoms with E-state index >= 15 is 0 Å². The molecular weight excluding hydrogens is 266 g/mol. The van der Waals surface area contributed by atoms with Gasteiger partial charge in [-0.3, -0.25) is 0 Å². The number of nitrogens with zero attached hydrogens (tertiary/aromatic N) is 2. The molecule has 0 aromatic carbocycles. The van der Waals surface area contributed by atoms with Gasteiger partial charge in [0.1, 0.15) is 5.82 Å². The second-order valence-corrected chi connectivity index (χ2v) is 6.12. The van der Waals surface area contributed by atoms with Gasteiger partial charge in [0, 0.05) is 19.2 Å². The smallest absolute Gasteiger partial charge is 0.239 e. The zero-order valence-electron chi connectivity index (χ0n) is 13.1. The summed E-state index contributed by atoms with van der Waals surface area (Å²) in [6.07, 6.45) is 4.27. The van der Waals surface area contributed by atoms with Crippen molar-refractivity contribution in [3.63, 3.8) is 0 Å². The van der Waals surface area contributed by atoms with Crippen molar-refractivity contribution in [1.29, 1.82) is 0 Å². The molecule has 1 saturated heterocycles. The van der Waals surface area contributed by atoms with Gasteiger partial charge in [-0.05, 0) is 43.7 Å². The highest BCUT2D eigenvalue weighted by molar-refractivity contribution is 5.55. The van der Waals surface area contributed by atoms with Gasteiger partial charge in [0.2, 0.25) is 5.88 Å². The minimum Gasteiger partial charge on any atom is -0.476 e. The molecule has 0 saturated carbocycles. The van der Waals surface area contributed by atoms with Crippen LogP contribution in [0.15, 0.2) is 12.1 Å². The molecule has 118 valence electrons. The maximum Gasteiger partial charge on any atom is 0.239 e. The van der Waals surface area contributed by atoms with Crippen molar-refractivity contribution in [3.8, 4) is 5.88 Å². The van der Waals surface area contributed by atoms with Gasteiger partial charge in [0.05, 0.1) is 12.3 Å². The Bertz CT molecular complexity index is 449. The molecular formula is C16H27N3O2. The van der Waals surface area contributed by atoms with Crippen molar-refractivity contribution >= 4 is 11.5 Å². The van der Waals surface area contributed by atoms with Crippen LogP contribution in [0, 0.1) is 5.92 Å². The van der Waals surface area contributed by atoms with Gasteiger partial charge in [0.25, 0.3) is 0 Å². The van der Waals surface area contributed by atoms with E-state index in [4.69, 9.17) is 10.5 Å². The summed E-state index contributed by atoms with van der Waals surface area (Å²) in [5.74, 6) is 1.86.